The van der Waals surface area contributed by atoms with Crippen LogP contribution in [0.25, 0.3) is 5.69 Å². The maximum absolute atomic E-state index is 14.0. The van der Waals surface area contributed by atoms with Crippen LogP contribution in [0.2, 0.25) is 0 Å². The summed E-state index contributed by atoms with van der Waals surface area (Å²) in [5, 5.41) is 9.65. The lowest BCUT2D eigenvalue weighted by atomic mass is 9.99. The van der Waals surface area contributed by atoms with E-state index in [1.54, 1.807) is 6.07 Å². The van der Waals surface area contributed by atoms with Crippen molar-refractivity contribution in [2.75, 3.05) is 30.5 Å². The van der Waals surface area contributed by atoms with Crippen LogP contribution < -0.4 is 20.1 Å². The van der Waals surface area contributed by atoms with E-state index in [4.69, 9.17) is 9.47 Å². The van der Waals surface area contributed by atoms with Crippen molar-refractivity contribution < 1.29 is 45.6 Å². The number of carbonyl (C=O) groups is 2. The number of ether oxygens (including phenoxy) is 2. The van der Waals surface area contributed by atoms with Gasteiger partial charge < -0.3 is 24.7 Å². The van der Waals surface area contributed by atoms with E-state index in [1.807, 2.05) is 0 Å². The molecule has 9 nitrogen and oxygen atoms in total. The van der Waals surface area contributed by atoms with Gasteiger partial charge in [-0.3, -0.25) is 9.59 Å². The highest BCUT2D eigenvalue weighted by Gasteiger charge is 2.33. The van der Waals surface area contributed by atoms with E-state index in [0.29, 0.717) is 0 Å². The minimum absolute atomic E-state index is 0.0188. The predicted octanol–water partition coefficient (Wildman–Crippen LogP) is 3.53. The second-order valence-electron chi connectivity index (χ2n) is 8.84. The smallest absolute Gasteiger partial charge is 0.422 e. The molecule has 2 aromatic carbocycles. The monoisotopic (exact) mass is 586 g/mol. The standard InChI is InChI=1S/C25H23F5N4O5S/c1-40(37)12-21(35)32-23-22-20(33-34(23)15-5-6-18(26)19(27)10-15)9-14(31-24(22)36)7-8-38-16-3-2-4-17(11-16)39-13-25(28,29)30/h2-6,10-11,14H,7-9,12-13H2,1H3,(H,31,36)(H,32,35). The number of alkyl halides is 3. The number of rotatable bonds is 10. The molecule has 2 atom stereocenters. The molecule has 2 unspecified atom stereocenters. The quantitative estimate of drug-likeness (QED) is 0.277. The Labute approximate surface area is 227 Å². The van der Waals surface area contributed by atoms with E-state index in [9.17, 15) is 36.1 Å². The van der Waals surface area contributed by atoms with Crippen molar-refractivity contribution in [3.05, 3.63) is 65.4 Å². The fourth-order valence-corrected chi connectivity index (χ4v) is 4.41. The Hall–Kier alpha value is -3.85. The third kappa shape index (κ3) is 7.41. The average Bonchev–Trinajstić information content (AvgIpc) is 3.22. The minimum atomic E-state index is -4.48. The largest absolute Gasteiger partial charge is 0.616 e. The fraction of sp³-hybridized carbons (Fsp3) is 0.320. The molecule has 3 aromatic rings. The first-order chi connectivity index (χ1) is 18.9. The molecule has 0 bridgehead atoms. The summed E-state index contributed by atoms with van der Waals surface area (Å²) < 4.78 is 87.6. The lowest BCUT2D eigenvalue weighted by molar-refractivity contribution is -0.153. The van der Waals surface area contributed by atoms with Crippen molar-refractivity contribution in [1.82, 2.24) is 15.1 Å². The van der Waals surface area contributed by atoms with Crippen molar-refractivity contribution in [2.45, 2.75) is 25.1 Å². The van der Waals surface area contributed by atoms with Crippen LogP contribution in [0.1, 0.15) is 22.5 Å². The minimum Gasteiger partial charge on any atom is -0.616 e. The van der Waals surface area contributed by atoms with E-state index < -0.39 is 53.4 Å². The van der Waals surface area contributed by atoms with Crippen molar-refractivity contribution >= 4 is 28.8 Å². The van der Waals surface area contributed by atoms with E-state index >= 15 is 0 Å². The fourth-order valence-electron chi connectivity index (χ4n) is 3.97. The second-order valence-corrected chi connectivity index (χ2v) is 10.3. The molecule has 0 saturated heterocycles. The number of amides is 2. The van der Waals surface area contributed by atoms with Gasteiger partial charge in [-0.2, -0.15) is 18.3 Å². The molecule has 4 rings (SSSR count). The predicted molar refractivity (Wildman–Crippen MR) is 134 cm³/mol. The van der Waals surface area contributed by atoms with Gasteiger partial charge in [-0.05, 0) is 35.4 Å². The first-order valence-electron chi connectivity index (χ1n) is 11.8. The van der Waals surface area contributed by atoms with E-state index in [0.717, 1.165) is 16.8 Å². The molecule has 2 heterocycles. The van der Waals surface area contributed by atoms with E-state index in [-0.39, 0.29) is 59.5 Å². The zero-order chi connectivity index (χ0) is 29.0. The Morgan fingerprint density at radius 3 is 2.58 bits per heavy atom. The average molecular weight is 587 g/mol. The first kappa shape index (κ1) is 29.1. The Balaban J connectivity index is 1.49. The molecule has 0 radical (unpaired) electrons. The van der Waals surface area contributed by atoms with Crippen molar-refractivity contribution in [3.63, 3.8) is 0 Å². The molecule has 214 valence electrons. The molecule has 0 spiro atoms. The van der Waals surface area contributed by atoms with Crippen LogP contribution in [0.5, 0.6) is 11.5 Å². The summed E-state index contributed by atoms with van der Waals surface area (Å²) in [6, 6.07) is 8.18. The highest BCUT2D eigenvalue weighted by atomic mass is 32.2. The van der Waals surface area contributed by atoms with Gasteiger partial charge in [0.2, 0.25) is 0 Å². The number of nitrogens with one attached hydrogen (secondary N) is 2. The number of halogens is 5. The molecule has 40 heavy (non-hydrogen) atoms. The second kappa shape index (κ2) is 12.1. The summed E-state index contributed by atoms with van der Waals surface area (Å²) in [6.45, 7) is -1.36. The maximum atomic E-state index is 14.0. The van der Waals surface area contributed by atoms with Gasteiger partial charge in [-0.25, -0.2) is 13.5 Å². The zero-order valence-corrected chi connectivity index (χ0v) is 21.7. The van der Waals surface area contributed by atoms with Gasteiger partial charge in [0.05, 0.1) is 24.2 Å². The van der Waals surface area contributed by atoms with Crippen LogP contribution in [0, 0.1) is 11.6 Å². The van der Waals surface area contributed by atoms with Crippen LogP contribution >= 0.6 is 0 Å². The molecule has 2 N–H and O–H groups in total. The van der Waals surface area contributed by atoms with E-state index in [1.165, 1.54) is 30.5 Å². The summed E-state index contributed by atoms with van der Waals surface area (Å²) in [7, 11) is 0. The van der Waals surface area contributed by atoms with Crippen LogP contribution in [0.3, 0.4) is 0 Å². The van der Waals surface area contributed by atoms with Gasteiger partial charge in [0.1, 0.15) is 22.9 Å². The third-order valence-electron chi connectivity index (χ3n) is 5.64. The number of fused-ring (bicyclic) bond motifs is 1. The van der Waals surface area contributed by atoms with Gasteiger partial charge in [-0.15, -0.1) is 0 Å². The van der Waals surface area contributed by atoms with E-state index in [2.05, 4.69) is 15.7 Å². The van der Waals surface area contributed by atoms with Crippen LogP contribution in [0.15, 0.2) is 42.5 Å². The number of anilines is 1. The number of hydrogen-bond donors (Lipinski definition) is 2. The van der Waals surface area contributed by atoms with Gasteiger partial charge >= 0.3 is 6.18 Å². The summed E-state index contributed by atoms with van der Waals surface area (Å²) in [5.41, 5.74) is 0.335. The SMILES string of the molecule is C[S+]([O-])CC(=O)Nc1c2c(nn1-c1ccc(F)c(F)c1)CC(CCOc1cccc(OCC(F)(F)F)c1)NC2=O. The topological polar surface area (TPSA) is 118 Å². The lowest BCUT2D eigenvalue weighted by Gasteiger charge is -2.23. The van der Waals surface area contributed by atoms with Crippen molar-refractivity contribution in [3.8, 4) is 17.2 Å². The Bertz CT molecular complexity index is 1400. The molecule has 1 aliphatic heterocycles. The van der Waals surface area contributed by atoms with Crippen molar-refractivity contribution in [1.29, 1.82) is 0 Å². The number of nitrogens with zero attached hydrogens (tertiary/aromatic N) is 2. The molecule has 0 aliphatic carbocycles. The summed E-state index contributed by atoms with van der Waals surface area (Å²) >= 11 is -1.48. The maximum Gasteiger partial charge on any atom is 0.422 e. The highest BCUT2D eigenvalue weighted by Crippen LogP contribution is 2.29. The number of aromatic nitrogens is 2. The van der Waals surface area contributed by atoms with Gasteiger partial charge in [0.15, 0.2) is 24.0 Å². The highest BCUT2D eigenvalue weighted by molar-refractivity contribution is 7.91. The molecule has 0 saturated carbocycles. The number of carbonyl (C=O) groups excluding carboxylic acids is 2. The molecule has 1 aliphatic rings. The third-order valence-corrected chi connectivity index (χ3v) is 6.31. The summed E-state index contributed by atoms with van der Waals surface area (Å²) in [4.78, 5) is 25.4. The Kier molecular flexibility index (Phi) is 8.83. The van der Waals surface area contributed by atoms with Crippen LogP contribution in [-0.2, 0) is 22.4 Å². The normalized spacial score (nSPS) is 15.7. The molecular formula is C25H23F5N4O5S. The molecular weight excluding hydrogens is 563 g/mol. The number of hydrogen-bond acceptors (Lipinski definition) is 6. The Morgan fingerprint density at radius 1 is 1.18 bits per heavy atom. The molecule has 2 amide bonds. The van der Waals surface area contributed by atoms with Crippen molar-refractivity contribution in [2.24, 2.45) is 0 Å². The first-order valence-corrected chi connectivity index (χ1v) is 13.5. The molecule has 0 fully saturated rings. The number of benzene rings is 2. The lowest BCUT2D eigenvalue weighted by Crippen LogP contribution is -2.42. The van der Waals surface area contributed by atoms with Crippen LogP contribution in [0.4, 0.5) is 27.8 Å². The summed E-state index contributed by atoms with van der Waals surface area (Å²) in [6.07, 6.45) is -2.68. The molecule has 15 heteroatoms. The zero-order valence-electron chi connectivity index (χ0n) is 20.9. The Morgan fingerprint density at radius 2 is 1.90 bits per heavy atom. The molecule has 1 aromatic heterocycles. The van der Waals surface area contributed by atoms with Crippen LogP contribution in [-0.4, -0.2) is 63.6 Å². The summed E-state index contributed by atoms with van der Waals surface area (Å²) in [5.74, 6) is -3.71. The van der Waals surface area contributed by atoms with Gasteiger partial charge in [0, 0.05) is 31.0 Å². The van der Waals surface area contributed by atoms with Gasteiger partial charge in [-0.1, -0.05) is 6.07 Å². The van der Waals surface area contributed by atoms with Gasteiger partial charge in [0.25, 0.3) is 11.8 Å².